The predicted octanol–water partition coefficient (Wildman–Crippen LogP) is 2.22. The molecule has 0 spiro atoms. The van der Waals surface area contributed by atoms with E-state index >= 15 is 0 Å². The lowest BCUT2D eigenvalue weighted by Gasteiger charge is -2.23. The first kappa shape index (κ1) is 19.2. The monoisotopic (exact) mass is 373 g/mol. The number of nitrogens with one attached hydrogen (secondary N) is 1. The van der Waals surface area contributed by atoms with Crippen LogP contribution in [0.2, 0.25) is 0 Å². The van der Waals surface area contributed by atoms with Crippen molar-refractivity contribution in [2.24, 2.45) is 0 Å². The summed E-state index contributed by atoms with van der Waals surface area (Å²) in [7, 11) is -4.08. The number of carbonyl (C=O) groups is 2. The van der Waals surface area contributed by atoms with Gasteiger partial charge in [-0.15, -0.1) is 0 Å². The lowest BCUT2D eigenvalue weighted by Crippen LogP contribution is -2.44. The molecule has 138 valence electrons. The van der Waals surface area contributed by atoms with E-state index in [0.717, 1.165) is 0 Å². The molecule has 2 atom stereocenters. The van der Waals surface area contributed by atoms with E-state index in [9.17, 15) is 24.2 Å². The molecule has 1 aliphatic heterocycles. The van der Waals surface area contributed by atoms with Crippen molar-refractivity contribution in [2.45, 2.75) is 45.4 Å². The summed E-state index contributed by atoms with van der Waals surface area (Å²) in [4.78, 5) is 32.4. The molecule has 0 fully saturated rings. The Labute approximate surface area is 144 Å². The Morgan fingerprint density at radius 2 is 2.08 bits per heavy atom. The first-order chi connectivity index (χ1) is 11.5. The lowest BCUT2D eigenvalue weighted by molar-refractivity contribution is -0.139. The largest absolute Gasteiger partial charge is 0.527 e. The van der Waals surface area contributed by atoms with Crippen LogP contribution in [0.25, 0.3) is 0 Å². The van der Waals surface area contributed by atoms with Gasteiger partial charge in [0.2, 0.25) is 0 Å². The number of benzene rings is 1. The van der Waals surface area contributed by atoms with Crippen molar-refractivity contribution in [3.05, 3.63) is 29.3 Å². The number of amides is 1. The van der Waals surface area contributed by atoms with Gasteiger partial charge in [0.1, 0.15) is 17.4 Å². The summed E-state index contributed by atoms with van der Waals surface area (Å²) in [6, 6.07) is 3.42. The SMILES string of the molecule is CC(C)(C)OC(=O)N[C@@H](Cc1ccc2c(c1)COP(=O)(O)O2)C(=O)O. The zero-order valence-corrected chi connectivity index (χ0v) is 14.9. The van der Waals surface area contributed by atoms with Crippen LogP contribution in [0.5, 0.6) is 5.75 Å². The molecular formula is C15H20NO8P. The smallest absolute Gasteiger partial charge is 0.480 e. The molecule has 10 heteroatoms. The molecule has 1 aromatic carbocycles. The van der Waals surface area contributed by atoms with Crippen molar-refractivity contribution < 1.29 is 37.9 Å². The Kier molecular flexibility index (Phi) is 5.41. The van der Waals surface area contributed by atoms with Gasteiger partial charge in [-0.25, -0.2) is 14.2 Å². The predicted molar refractivity (Wildman–Crippen MR) is 86.2 cm³/mol. The number of carboxylic acid groups (broad SMARTS) is 1. The molecule has 1 heterocycles. The number of aliphatic carboxylic acids is 1. The molecule has 0 radical (unpaired) electrons. The van der Waals surface area contributed by atoms with Crippen LogP contribution in [0.4, 0.5) is 4.79 Å². The van der Waals surface area contributed by atoms with Gasteiger partial charge in [0, 0.05) is 12.0 Å². The molecule has 0 aromatic heterocycles. The van der Waals surface area contributed by atoms with Crippen LogP contribution in [0.3, 0.4) is 0 Å². The number of rotatable bonds is 4. The van der Waals surface area contributed by atoms with E-state index in [4.69, 9.17) is 13.8 Å². The van der Waals surface area contributed by atoms with Crippen molar-refractivity contribution >= 4 is 19.9 Å². The fraction of sp³-hybridized carbons (Fsp3) is 0.467. The normalized spacial score (nSPS) is 20.8. The number of carboxylic acids is 1. The number of phosphoric acid groups is 1. The molecule has 1 aliphatic rings. The molecule has 1 unspecified atom stereocenters. The van der Waals surface area contributed by atoms with E-state index < -0.39 is 31.5 Å². The average molecular weight is 373 g/mol. The first-order valence-electron chi connectivity index (χ1n) is 7.46. The standard InChI is InChI=1S/C15H20NO8P/c1-15(2,3)23-14(19)16-11(13(17)18)7-9-4-5-12-10(6-9)8-22-25(20,21)24-12/h4-6,11H,7-8H2,1-3H3,(H,16,19)(H,17,18)(H,20,21)/t11-/m0/s1. The van der Waals surface area contributed by atoms with Gasteiger partial charge in [-0.2, -0.15) is 0 Å². The second-order valence-electron chi connectivity index (χ2n) is 6.52. The summed E-state index contributed by atoms with van der Waals surface area (Å²) in [6.07, 6.45) is -0.829. The molecule has 9 nitrogen and oxygen atoms in total. The molecule has 1 aromatic rings. The maximum absolute atomic E-state index is 11.8. The second kappa shape index (κ2) is 7.03. The minimum atomic E-state index is -4.08. The van der Waals surface area contributed by atoms with E-state index in [-0.39, 0.29) is 18.8 Å². The van der Waals surface area contributed by atoms with E-state index in [1.807, 2.05) is 0 Å². The fourth-order valence-corrected chi connectivity index (χ4v) is 2.93. The Hall–Kier alpha value is -2.09. The second-order valence-corrected chi connectivity index (χ2v) is 7.89. The zero-order chi connectivity index (χ0) is 18.8. The highest BCUT2D eigenvalue weighted by molar-refractivity contribution is 7.47. The Bertz CT molecular complexity index is 727. The van der Waals surface area contributed by atoms with Crippen molar-refractivity contribution in [2.75, 3.05) is 0 Å². The van der Waals surface area contributed by atoms with Gasteiger partial charge in [-0.3, -0.25) is 9.42 Å². The summed E-state index contributed by atoms with van der Waals surface area (Å²) < 4.78 is 25.9. The van der Waals surface area contributed by atoms with Gasteiger partial charge in [0.05, 0.1) is 6.61 Å². The van der Waals surface area contributed by atoms with Crippen LogP contribution >= 0.6 is 7.82 Å². The number of ether oxygens (including phenoxy) is 1. The number of phosphoric ester groups is 1. The molecule has 0 saturated carbocycles. The van der Waals surface area contributed by atoms with E-state index in [0.29, 0.717) is 11.1 Å². The number of alkyl carbamates (subject to hydrolysis) is 1. The summed E-state index contributed by atoms with van der Waals surface area (Å²) in [5.74, 6) is -1.01. The maximum atomic E-state index is 11.8. The Morgan fingerprint density at radius 3 is 2.68 bits per heavy atom. The highest BCUT2D eigenvalue weighted by Crippen LogP contribution is 2.49. The van der Waals surface area contributed by atoms with Crippen LogP contribution < -0.4 is 9.84 Å². The highest BCUT2D eigenvalue weighted by atomic mass is 31.2. The molecule has 0 saturated heterocycles. The van der Waals surface area contributed by atoms with Crippen LogP contribution in [0, 0.1) is 0 Å². The van der Waals surface area contributed by atoms with Gasteiger partial charge >= 0.3 is 19.9 Å². The van der Waals surface area contributed by atoms with Gasteiger partial charge in [0.15, 0.2) is 0 Å². The third kappa shape index (κ3) is 5.74. The van der Waals surface area contributed by atoms with Crippen molar-refractivity contribution in [3.8, 4) is 5.75 Å². The van der Waals surface area contributed by atoms with Gasteiger partial charge in [0.25, 0.3) is 0 Å². The highest BCUT2D eigenvalue weighted by Gasteiger charge is 2.30. The number of carbonyl (C=O) groups excluding carboxylic acids is 1. The molecule has 2 rings (SSSR count). The summed E-state index contributed by atoms with van der Waals surface area (Å²) in [5, 5.41) is 11.6. The lowest BCUT2D eigenvalue weighted by atomic mass is 10.0. The topological polar surface area (TPSA) is 131 Å². The molecule has 3 N–H and O–H groups in total. The molecule has 0 bridgehead atoms. The quantitative estimate of drug-likeness (QED) is 0.685. The van der Waals surface area contributed by atoms with E-state index in [2.05, 4.69) is 5.32 Å². The average Bonchev–Trinajstić information content (AvgIpc) is 2.44. The van der Waals surface area contributed by atoms with Crippen LogP contribution in [-0.2, 0) is 31.6 Å². The van der Waals surface area contributed by atoms with Gasteiger partial charge in [-0.05, 0) is 38.5 Å². The number of hydrogen-bond acceptors (Lipinski definition) is 6. The first-order valence-corrected chi connectivity index (χ1v) is 8.96. The fourth-order valence-electron chi connectivity index (χ4n) is 2.15. The molecule has 25 heavy (non-hydrogen) atoms. The maximum Gasteiger partial charge on any atom is 0.527 e. The van der Waals surface area contributed by atoms with Crippen LogP contribution in [0.15, 0.2) is 18.2 Å². The Balaban J connectivity index is 2.09. The number of hydrogen-bond donors (Lipinski definition) is 3. The molecule has 1 amide bonds. The van der Waals surface area contributed by atoms with Crippen molar-refractivity contribution in [3.63, 3.8) is 0 Å². The third-order valence-electron chi connectivity index (χ3n) is 3.15. The van der Waals surface area contributed by atoms with Gasteiger partial charge in [-0.1, -0.05) is 6.07 Å². The zero-order valence-electron chi connectivity index (χ0n) is 14.0. The summed E-state index contributed by atoms with van der Waals surface area (Å²) >= 11 is 0. The van der Waals surface area contributed by atoms with Crippen molar-refractivity contribution in [1.29, 1.82) is 0 Å². The molecule has 0 aliphatic carbocycles. The van der Waals surface area contributed by atoms with Gasteiger partial charge < -0.3 is 19.7 Å². The summed E-state index contributed by atoms with van der Waals surface area (Å²) in [5.41, 5.74) is 0.356. The third-order valence-corrected chi connectivity index (χ3v) is 4.03. The van der Waals surface area contributed by atoms with Crippen LogP contribution in [-0.4, -0.2) is 33.7 Å². The van der Waals surface area contributed by atoms with E-state index in [1.165, 1.54) is 6.07 Å². The Morgan fingerprint density at radius 1 is 1.40 bits per heavy atom. The molecular weight excluding hydrogens is 353 g/mol. The van der Waals surface area contributed by atoms with Crippen molar-refractivity contribution in [1.82, 2.24) is 5.32 Å². The van der Waals surface area contributed by atoms with Crippen LogP contribution in [0.1, 0.15) is 31.9 Å². The minimum Gasteiger partial charge on any atom is -0.480 e. The van der Waals surface area contributed by atoms with E-state index in [1.54, 1.807) is 32.9 Å². The minimum absolute atomic E-state index is 0.00135. The summed E-state index contributed by atoms with van der Waals surface area (Å²) in [6.45, 7) is 4.89. The number of fused-ring (bicyclic) bond motifs is 1.